The Labute approximate surface area is 115 Å². The van der Waals surface area contributed by atoms with E-state index in [2.05, 4.69) is 10.9 Å². The number of benzene rings is 1. The lowest BCUT2D eigenvalue weighted by atomic mass is 10.2. The van der Waals surface area contributed by atoms with Crippen LogP contribution >= 0.6 is 0 Å². The van der Waals surface area contributed by atoms with Crippen LogP contribution in [0.15, 0.2) is 24.3 Å². The van der Waals surface area contributed by atoms with Gasteiger partial charge in [-0.1, -0.05) is 0 Å². The minimum atomic E-state index is -0.742. The molecule has 0 aromatic heterocycles. The molecule has 0 bridgehead atoms. The van der Waals surface area contributed by atoms with E-state index in [4.69, 9.17) is 4.74 Å². The maximum Gasteiger partial charge on any atom is 0.253 e. The molecule has 1 aliphatic heterocycles. The molecule has 106 valence electrons. The predicted octanol–water partition coefficient (Wildman–Crippen LogP) is -0.0322. The van der Waals surface area contributed by atoms with E-state index in [0.717, 1.165) is 4.90 Å². The number of nitrogens with one attached hydrogen (secondary N) is 2. The van der Waals surface area contributed by atoms with E-state index >= 15 is 0 Å². The third kappa shape index (κ3) is 2.77. The maximum atomic E-state index is 12.1. The summed E-state index contributed by atoms with van der Waals surface area (Å²) < 4.78 is 5.02. The first kappa shape index (κ1) is 14.0. The van der Waals surface area contributed by atoms with Crippen LogP contribution in [0.2, 0.25) is 0 Å². The zero-order valence-electron chi connectivity index (χ0n) is 11.2. The van der Waals surface area contributed by atoms with E-state index in [1.165, 1.54) is 14.0 Å². The van der Waals surface area contributed by atoms with Gasteiger partial charge in [0, 0.05) is 6.92 Å². The first-order chi connectivity index (χ1) is 9.52. The molecule has 20 heavy (non-hydrogen) atoms. The van der Waals surface area contributed by atoms with Crippen molar-refractivity contribution in [3.63, 3.8) is 0 Å². The van der Waals surface area contributed by atoms with Crippen LogP contribution < -0.4 is 20.5 Å². The lowest BCUT2D eigenvalue weighted by Gasteiger charge is -2.15. The molecule has 1 fully saturated rings. The molecule has 3 amide bonds. The van der Waals surface area contributed by atoms with Crippen LogP contribution in [0, 0.1) is 0 Å². The molecule has 1 atom stereocenters. The molecule has 7 heteroatoms. The highest BCUT2D eigenvalue weighted by Crippen LogP contribution is 2.24. The summed E-state index contributed by atoms with van der Waals surface area (Å²) in [4.78, 5) is 36.0. The molecule has 0 radical (unpaired) electrons. The third-order valence-corrected chi connectivity index (χ3v) is 2.90. The summed E-state index contributed by atoms with van der Waals surface area (Å²) in [5, 5.41) is 0. The van der Waals surface area contributed by atoms with Gasteiger partial charge in [-0.05, 0) is 24.3 Å². The summed E-state index contributed by atoms with van der Waals surface area (Å²) in [5.41, 5.74) is 5.35. The molecule has 0 spiro atoms. The molecule has 1 heterocycles. The topological polar surface area (TPSA) is 87.7 Å². The zero-order valence-corrected chi connectivity index (χ0v) is 11.2. The largest absolute Gasteiger partial charge is 0.497 e. The van der Waals surface area contributed by atoms with E-state index < -0.39 is 11.9 Å². The predicted molar refractivity (Wildman–Crippen MR) is 70.8 cm³/mol. The fourth-order valence-corrected chi connectivity index (χ4v) is 1.94. The highest BCUT2D eigenvalue weighted by Gasteiger charge is 2.39. The molecule has 1 aromatic rings. The van der Waals surface area contributed by atoms with Crippen LogP contribution in [0.3, 0.4) is 0 Å². The lowest BCUT2D eigenvalue weighted by molar-refractivity contribution is -0.122. The Morgan fingerprint density at radius 3 is 2.50 bits per heavy atom. The number of methoxy groups -OCH3 is 1. The van der Waals surface area contributed by atoms with Crippen LogP contribution in [0.25, 0.3) is 0 Å². The molecule has 2 rings (SSSR count). The Morgan fingerprint density at radius 2 is 1.95 bits per heavy atom. The first-order valence-electron chi connectivity index (χ1n) is 6.06. The molecular weight excluding hydrogens is 262 g/mol. The number of hydrazine groups is 1. The molecule has 1 unspecified atom stereocenters. The van der Waals surface area contributed by atoms with Gasteiger partial charge in [-0.25, -0.2) is 10.3 Å². The average Bonchev–Trinajstić information content (AvgIpc) is 2.71. The van der Waals surface area contributed by atoms with E-state index in [-0.39, 0.29) is 18.2 Å². The number of nitrogens with zero attached hydrogens (tertiary/aromatic N) is 1. The van der Waals surface area contributed by atoms with Crippen LogP contribution in [0.1, 0.15) is 13.3 Å². The van der Waals surface area contributed by atoms with Crippen molar-refractivity contribution in [2.75, 3.05) is 12.0 Å². The molecule has 1 saturated heterocycles. The van der Waals surface area contributed by atoms with Crippen LogP contribution in [-0.2, 0) is 14.4 Å². The van der Waals surface area contributed by atoms with Crippen molar-refractivity contribution in [2.24, 2.45) is 0 Å². The van der Waals surface area contributed by atoms with E-state index in [0.29, 0.717) is 11.4 Å². The van der Waals surface area contributed by atoms with Crippen LogP contribution in [0.4, 0.5) is 5.69 Å². The van der Waals surface area contributed by atoms with Gasteiger partial charge in [-0.3, -0.25) is 19.8 Å². The summed E-state index contributed by atoms with van der Waals surface area (Å²) in [6, 6.07) is 5.87. The molecule has 7 nitrogen and oxygen atoms in total. The van der Waals surface area contributed by atoms with Crippen LogP contribution in [0.5, 0.6) is 5.75 Å². The fraction of sp³-hybridized carbons (Fsp3) is 0.308. The Kier molecular flexibility index (Phi) is 3.99. The minimum absolute atomic E-state index is 0.00510. The molecule has 2 N–H and O–H groups in total. The fourth-order valence-electron chi connectivity index (χ4n) is 1.94. The van der Waals surface area contributed by atoms with Crippen molar-refractivity contribution in [3.05, 3.63) is 24.3 Å². The number of hydrogen-bond acceptors (Lipinski definition) is 5. The summed E-state index contributed by atoms with van der Waals surface area (Å²) >= 11 is 0. The zero-order chi connectivity index (χ0) is 14.7. The summed E-state index contributed by atoms with van der Waals surface area (Å²) in [6.07, 6.45) is 0.00510. The lowest BCUT2D eigenvalue weighted by Crippen LogP contribution is -2.47. The van der Waals surface area contributed by atoms with Gasteiger partial charge in [0.05, 0.1) is 19.2 Å². The number of ether oxygens (including phenoxy) is 1. The summed E-state index contributed by atoms with van der Waals surface area (Å²) in [5.74, 6) is -0.397. The highest BCUT2D eigenvalue weighted by molar-refractivity contribution is 6.22. The summed E-state index contributed by atoms with van der Waals surface area (Å²) in [6.45, 7) is 1.31. The summed E-state index contributed by atoms with van der Waals surface area (Å²) in [7, 11) is 1.54. The van der Waals surface area contributed by atoms with Crippen molar-refractivity contribution >= 4 is 23.4 Å². The maximum absolute atomic E-state index is 12.1. The van der Waals surface area contributed by atoms with E-state index in [9.17, 15) is 14.4 Å². The Hall–Kier alpha value is -2.41. The molecule has 0 aliphatic carbocycles. The van der Waals surface area contributed by atoms with Gasteiger partial charge >= 0.3 is 0 Å². The van der Waals surface area contributed by atoms with Crippen molar-refractivity contribution < 1.29 is 19.1 Å². The second-order valence-electron chi connectivity index (χ2n) is 4.35. The van der Waals surface area contributed by atoms with Gasteiger partial charge in [0.15, 0.2) is 0 Å². The molecule has 1 aromatic carbocycles. The average molecular weight is 277 g/mol. The SMILES string of the molecule is COc1ccc(N2C(=O)CC(NNC(C)=O)C2=O)cc1. The van der Waals surface area contributed by atoms with Crippen molar-refractivity contribution in [1.29, 1.82) is 0 Å². The van der Waals surface area contributed by atoms with Gasteiger partial charge in [0.25, 0.3) is 5.91 Å². The highest BCUT2D eigenvalue weighted by atomic mass is 16.5. The van der Waals surface area contributed by atoms with Gasteiger partial charge in [-0.15, -0.1) is 0 Å². The van der Waals surface area contributed by atoms with Crippen molar-refractivity contribution in [1.82, 2.24) is 10.9 Å². The number of rotatable bonds is 4. The first-order valence-corrected chi connectivity index (χ1v) is 6.06. The number of carbonyl (C=O) groups is 3. The van der Waals surface area contributed by atoms with Gasteiger partial charge in [0.1, 0.15) is 11.8 Å². The molecule has 1 aliphatic rings. The van der Waals surface area contributed by atoms with Crippen molar-refractivity contribution in [2.45, 2.75) is 19.4 Å². The Balaban J connectivity index is 2.13. The quantitative estimate of drug-likeness (QED) is 0.596. The number of anilines is 1. The molecular formula is C13H15N3O4. The van der Waals surface area contributed by atoms with Crippen molar-refractivity contribution in [3.8, 4) is 5.75 Å². The normalized spacial score (nSPS) is 18.3. The van der Waals surface area contributed by atoms with Gasteiger partial charge in [-0.2, -0.15) is 0 Å². The number of imide groups is 1. The standard InChI is InChI=1S/C13H15N3O4/c1-8(17)14-15-11-7-12(18)16(13(11)19)9-3-5-10(20-2)6-4-9/h3-6,11,15H,7H2,1-2H3,(H,14,17). The third-order valence-electron chi connectivity index (χ3n) is 2.90. The second-order valence-corrected chi connectivity index (χ2v) is 4.35. The smallest absolute Gasteiger partial charge is 0.253 e. The number of amides is 3. The second kappa shape index (κ2) is 5.70. The number of carbonyl (C=O) groups excluding carboxylic acids is 3. The monoisotopic (exact) mass is 277 g/mol. The van der Waals surface area contributed by atoms with Gasteiger partial charge in [0.2, 0.25) is 11.8 Å². The van der Waals surface area contributed by atoms with E-state index in [1.54, 1.807) is 24.3 Å². The Morgan fingerprint density at radius 1 is 1.30 bits per heavy atom. The van der Waals surface area contributed by atoms with Crippen LogP contribution in [-0.4, -0.2) is 30.9 Å². The Bertz CT molecular complexity index is 541. The molecule has 0 saturated carbocycles. The van der Waals surface area contributed by atoms with Gasteiger partial charge < -0.3 is 4.74 Å². The van der Waals surface area contributed by atoms with E-state index in [1.807, 2.05) is 0 Å². The minimum Gasteiger partial charge on any atom is -0.497 e. The number of hydrogen-bond donors (Lipinski definition) is 2.